The number of fused-ring (bicyclic) bond motifs is 1. The molecule has 1 fully saturated rings. The van der Waals surface area contributed by atoms with Gasteiger partial charge in [-0.2, -0.15) is 0 Å². The SMILES string of the molecule is CC(=O)N1CCC2(CC1)Oc1ccc(C=CC(=O)O)cc1C2=O. The van der Waals surface area contributed by atoms with E-state index in [4.69, 9.17) is 9.84 Å². The van der Waals surface area contributed by atoms with Gasteiger partial charge in [-0.3, -0.25) is 9.59 Å². The van der Waals surface area contributed by atoms with Crippen molar-refractivity contribution in [3.63, 3.8) is 0 Å². The summed E-state index contributed by atoms with van der Waals surface area (Å²) in [5.41, 5.74) is 0.235. The van der Waals surface area contributed by atoms with Crippen molar-refractivity contribution in [1.29, 1.82) is 0 Å². The molecule has 0 aliphatic carbocycles. The molecule has 0 radical (unpaired) electrons. The molecule has 23 heavy (non-hydrogen) atoms. The molecular formula is C17H17NO5. The van der Waals surface area contributed by atoms with Gasteiger partial charge in [-0.25, -0.2) is 4.79 Å². The Kier molecular flexibility index (Phi) is 3.67. The fraction of sp³-hybridized carbons (Fsp3) is 0.353. The number of benzene rings is 1. The first-order valence-corrected chi connectivity index (χ1v) is 7.46. The standard InChI is InChI=1S/C17H17NO5/c1-11(19)18-8-6-17(7-9-18)16(22)13-10-12(3-5-15(20)21)2-4-14(13)23-17/h2-5,10H,6-9H2,1H3,(H,20,21). The van der Waals surface area contributed by atoms with Crippen LogP contribution >= 0.6 is 0 Å². The summed E-state index contributed by atoms with van der Waals surface area (Å²) in [6, 6.07) is 5.07. The van der Waals surface area contributed by atoms with Crippen LogP contribution in [0.15, 0.2) is 24.3 Å². The molecule has 120 valence electrons. The van der Waals surface area contributed by atoms with Crippen LogP contribution in [-0.2, 0) is 9.59 Å². The van der Waals surface area contributed by atoms with Crippen molar-refractivity contribution >= 4 is 23.7 Å². The number of carboxylic acid groups (broad SMARTS) is 1. The Morgan fingerprint density at radius 1 is 1.30 bits per heavy atom. The number of ether oxygens (including phenoxy) is 1. The van der Waals surface area contributed by atoms with Crippen molar-refractivity contribution in [2.24, 2.45) is 0 Å². The van der Waals surface area contributed by atoms with Gasteiger partial charge in [-0.15, -0.1) is 0 Å². The summed E-state index contributed by atoms with van der Waals surface area (Å²) >= 11 is 0. The van der Waals surface area contributed by atoms with Crippen LogP contribution in [0.2, 0.25) is 0 Å². The molecule has 2 aliphatic rings. The number of likely N-dealkylation sites (tertiary alicyclic amines) is 1. The number of amides is 1. The molecule has 1 saturated heterocycles. The van der Waals surface area contributed by atoms with Crippen molar-refractivity contribution < 1.29 is 24.2 Å². The first-order chi connectivity index (χ1) is 10.9. The van der Waals surface area contributed by atoms with Crippen LogP contribution in [0.25, 0.3) is 6.08 Å². The fourth-order valence-corrected chi connectivity index (χ4v) is 3.10. The minimum atomic E-state index is -1.04. The Labute approximate surface area is 133 Å². The fourth-order valence-electron chi connectivity index (χ4n) is 3.10. The van der Waals surface area contributed by atoms with E-state index >= 15 is 0 Å². The number of nitrogens with zero attached hydrogens (tertiary/aromatic N) is 1. The van der Waals surface area contributed by atoms with Crippen LogP contribution in [0.3, 0.4) is 0 Å². The van der Waals surface area contributed by atoms with Gasteiger partial charge in [-0.05, 0) is 23.8 Å². The molecule has 1 N–H and O–H groups in total. The highest BCUT2D eigenvalue weighted by Crippen LogP contribution is 2.41. The van der Waals surface area contributed by atoms with Crippen LogP contribution in [0.4, 0.5) is 0 Å². The van der Waals surface area contributed by atoms with Crippen LogP contribution in [-0.4, -0.2) is 46.4 Å². The second-order valence-electron chi connectivity index (χ2n) is 5.86. The van der Waals surface area contributed by atoms with Crippen molar-refractivity contribution in [1.82, 2.24) is 4.90 Å². The predicted molar refractivity (Wildman–Crippen MR) is 82.3 cm³/mol. The Bertz CT molecular complexity index is 714. The van der Waals surface area contributed by atoms with Crippen LogP contribution in [0.1, 0.15) is 35.7 Å². The topological polar surface area (TPSA) is 83.9 Å². The Morgan fingerprint density at radius 3 is 2.61 bits per heavy atom. The molecule has 0 aromatic heterocycles. The second kappa shape index (κ2) is 5.53. The summed E-state index contributed by atoms with van der Waals surface area (Å²) in [7, 11) is 0. The summed E-state index contributed by atoms with van der Waals surface area (Å²) in [6.07, 6.45) is 3.42. The number of ketones is 1. The third-order valence-corrected chi connectivity index (χ3v) is 4.40. The zero-order valence-electron chi connectivity index (χ0n) is 12.7. The van der Waals surface area contributed by atoms with Gasteiger partial charge >= 0.3 is 5.97 Å². The number of carboxylic acids is 1. The largest absolute Gasteiger partial charge is 0.478 e. The van der Waals surface area contributed by atoms with Crippen molar-refractivity contribution in [3.8, 4) is 5.75 Å². The number of hydrogen-bond acceptors (Lipinski definition) is 4. The zero-order chi connectivity index (χ0) is 16.6. The highest BCUT2D eigenvalue weighted by molar-refractivity contribution is 6.08. The van der Waals surface area contributed by atoms with Crippen LogP contribution in [0, 0.1) is 0 Å². The molecule has 0 unspecified atom stereocenters. The van der Waals surface area contributed by atoms with Crippen LogP contribution in [0.5, 0.6) is 5.75 Å². The molecule has 6 nitrogen and oxygen atoms in total. The highest BCUT2D eigenvalue weighted by atomic mass is 16.5. The summed E-state index contributed by atoms with van der Waals surface area (Å²) < 4.78 is 5.93. The van der Waals surface area contributed by atoms with Crippen molar-refractivity contribution in [2.75, 3.05) is 13.1 Å². The lowest BCUT2D eigenvalue weighted by atomic mass is 9.85. The number of aliphatic carboxylic acids is 1. The lowest BCUT2D eigenvalue weighted by Gasteiger charge is -2.36. The summed E-state index contributed by atoms with van der Waals surface area (Å²) in [4.78, 5) is 36.5. The number of hydrogen-bond donors (Lipinski definition) is 1. The van der Waals surface area contributed by atoms with Gasteiger partial charge in [0, 0.05) is 38.9 Å². The average molecular weight is 315 g/mol. The van der Waals surface area contributed by atoms with E-state index in [1.165, 1.54) is 13.0 Å². The van der Waals surface area contributed by atoms with E-state index < -0.39 is 11.6 Å². The number of piperidine rings is 1. The maximum atomic E-state index is 12.8. The minimum absolute atomic E-state index is 0.00361. The maximum Gasteiger partial charge on any atom is 0.328 e. The smallest absolute Gasteiger partial charge is 0.328 e. The van der Waals surface area contributed by atoms with Crippen LogP contribution < -0.4 is 4.74 Å². The molecule has 2 heterocycles. The predicted octanol–water partition coefficient (Wildman–Crippen LogP) is 1.74. The number of carbonyl (C=O) groups excluding carboxylic acids is 2. The monoisotopic (exact) mass is 315 g/mol. The molecule has 0 atom stereocenters. The summed E-state index contributed by atoms with van der Waals surface area (Å²) in [6.45, 7) is 2.52. The second-order valence-corrected chi connectivity index (χ2v) is 5.86. The van der Waals surface area contributed by atoms with E-state index in [1.54, 1.807) is 23.1 Å². The molecule has 3 rings (SSSR count). The number of rotatable bonds is 2. The third kappa shape index (κ3) is 2.72. The van der Waals surface area contributed by atoms with E-state index in [9.17, 15) is 14.4 Å². The summed E-state index contributed by atoms with van der Waals surface area (Å²) in [5.74, 6) is -0.593. The van der Waals surface area contributed by atoms with Crippen molar-refractivity contribution in [3.05, 3.63) is 35.4 Å². The average Bonchev–Trinajstić information content (AvgIpc) is 2.78. The molecule has 0 bridgehead atoms. The van der Waals surface area contributed by atoms with Gasteiger partial charge in [0.05, 0.1) is 5.56 Å². The highest BCUT2D eigenvalue weighted by Gasteiger charge is 2.49. The van der Waals surface area contributed by atoms with Crippen molar-refractivity contribution in [2.45, 2.75) is 25.4 Å². The van der Waals surface area contributed by atoms with E-state index in [-0.39, 0.29) is 11.7 Å². The van der Waals surface area contributed by atoms with E-state index in [0.29, 0.717) is 42.8 Å². The molecule has 1 spiro atoms. The summed E-state index contributed by atoms with van der Waals surface area (Å²) in [5, 5.41) is 8.68. The normalized spacial score (nSPS) is 19.0. The van der Waals surface area contributed by atoms with Gasteiger partial charge in [0.25, 0.3) is 0 Å². The number of Topliss-reactive ketones (excluding diaryl/α,β-unsaturated/α-hetero) is 1. The van der Waals surface area contributed by atoms with Gasteiger partial charge < -0.3 is 14.7 Å². The molecule has 2 aliphatic heterocycles. The Hall–Kier alpha value is -2.63. The lowest BCUT2D eigenvalue weighted by molar-refractivity contribution is -0.132. The first kappa shape index (κ1) is 15.3. The maximum absolute atomic E-state index is 12.8. The van der Waals surface area contributed by atoms with E-state index in [1.807, 2.05) is 0 Å². The van der Waals surface area contributed by atoms with Gasteiger partial charge in [0.2, 0.25) is 11.7 Å². The van der Waals surface area contributed by atoms with E-state index in [2.05, 4.69) is 0 Å². The minimum Gasteiger partial charge on any atom is -0.478 e. The molecule has 1 amide bonds. The van der Waals surface area contributed by atoms with Gasteiger partial charge in [0.15, 0.2) is 5.60 Å². The van der Waals surface area contributed by atoms with Gasteiger partial charge in [0.1, 0.15) is 5.75 Å². The number of carbonyl (C=O) groups is 3. The lowest BCUT2D eigenvalue weighted by Crippen LogP contribution is -2.51. The van der Waals surface area contributed by atoms with Gasteiger partial charge in [-0.1, -0.05) is 6.07 Å². The molecular weight excluding hydrogens is 298 g/mol. The molecule has 6 heteroatoms. The Morgan fingerprint density at radius 2 is 2.00 bits per heavy atom. The molecule has 1 aromatic rings. The zero-order valence-corrected chi connectivity index (χ0v) is 12.7. The molecule has 1 aromatic carbocycles. The first-order valence-electron chi connectivity index (χ1n) is 7.46. The third-order valence-electron chi connectivity index (χ3n) is 4.40. The van der Waals surface area contributed by atoms with E-state index in [0.717, 1.165) is 6.08 Å². The quantitative estimate of drug-likeness (QED) is 0.840. The Balaban J connectivity index is 1.83. The molecule has 0 saturated carbocycles.